The van der Waals surface area contributed by atoms with Crippen LogP contribution in [0.15, 0.2) is 16.9 Å². The van der Waals surface area contributed by atoms with Crippen LogP contribution in [0.25, 0.3) is 0 Å². The summed E-state index contributed by atoms with van der Waals surface area (Å²) in [6, 6.07) is 0.422. The summed E-state index contributed by atoms with van der Waals surface area (Å²) in [5, 5.41) is 7.81. The Morgan fingerprint density at radius 2 is 2.00 bits per heavy atom. The Kier molecular flexibility index (Phi) is 5.49. The molecule has 2 unspecified atom stereocenters. The van der Waals surface area contributed by atoms with Gasteiger partial charge < -0.3 is 5.32 Å². The molecule has 0 amide bonds. The summed E-state index contributed by atoms with van der Waals surface area (Å²) < 4.78 is 3.06. The van der Waals surface area contributed by atoms with Gasteiger partial charge in [0.2, 0.25) is 0 Å². The highest BCUT2D eigenvalue weighted by atomic mass is 79.9. The number of nitrogens with zero attached hydrogens (tertiary/aromatic N) is 2. The van der Waals surface area contributed by atoms with Crippen LogP contribution in [0.2, 0.25) is 0 Å². The highest BCUT2D eigenvalue weighted by Gasteiger charge is 2.14. The van der Waals surface area contributed by atoms with Crippen LogP contribution in [0.1, 0.15) is 33.7 Å². The van der Waals surface area contributed by atoms with Crippen LogP contribution in [0.4, 0.5) is 0 Å². The summed E-state index contributed by atoms with van der Waals surface area (Å²) in [4.78, 5) is 0. The van der Waals surface area contributed by atoms with Gasteiger partial charge in [0, 0.05) is 6.20 Å². The Balaban J connectivity index is 2.38. The zero-order chi connectivity index (χ0) is 12.1. The molecule has 1 N–H and O–H groups in total. The monoisotopic (exact) mass is 287 g/mol. The first kappa shape index (κ1) is 13.7. The molecule has 0 aliphatic carbocycles. The lowest BCUT2D eigenvalue weighted by atomic mass is 10.0. The molecule has 0 fully saturated rings. The first-order valence-corrected chi connectivity index (χ1v) is 6.70. The topological polar surface area (TPSA) is 29.9 Å². The Labute approximate surface area is 107 Å². The fourth-order valence-electron chi connectivity index (χ4n) is 1.57. The number of aromatic nitrogens is 2. The Bertz CT molecular complexity index is 309. The largest absolute Gasteiger partial charge is 0.316 e. The van der Waals surface area contributed by atoms with Gasteiger partial charge in [-0.05, 0) is 47.8 Å². The Hall–Kier alpha value is -0.350. The number of halogens is 1. The zero-order valence-electron chi connectivity index (χ0n) is 10.6. The van der Waals surface area contributed by atoms with E-state index in [1.54, 1.807) is 0 Å². The lowest BCUT2D eigenvalue weighted by molar-refractivity contribution is 0.332. The van der Waals surface area contributed by atoms with E-state index in [-0.39, 0.29) is 0 Å². The van der Waals surface area contributed by atoms with E-state index in [0.717, 1.165) is 17.6 Å². The van der Waals surface area contributed by atoms with E-state index < -0.39 is 0 Å². The summed E-state index contributed by atoms with van der Waals surface area (Å²) >= 11 is 3.42. The molecule has 0 aromatic carbocycles. The molecular weight excluding hydrogens is 266 g/mol. The fourth-order valence-corrected chi connectivity index (χ4v) is 1.87. The molecule has 1 aromatic rings. The Morgan fingerprint density at radius 1 is 1.31 bits per heavy atom. The van der Waals surface area contributed by atoms with Crippen molar-refractivity contribution >= 4 is 15.9 Å². The molecule has 0 spiro atoms. The third-order valence-corrected chi connectivity index (χ3v) is 3.24. The lowest BCUT2D eigenvalue weighted by Gasteiger charge is -2.21. The van der Waals surface area contributed by atoms with Crippen molar-refractivity contribution in [1.82, 2.24) is 15.1 Å². The molecular formula is C12H22BrN3. The minimum atomic E-state index is 0.422. The lowest BCUT2D eigenvalue weighted by Crippen LogP contribution is -2.29. The molecule has 4 heteroatoms. The summed E-state index contributed by atoms with van der Waals surface area (Å²) in [6.45, 7) is 11.0. The van der Waals surface area contributed by atoms with Gasteiger partial charge in [0.25, 0.3) is 0 Å². The van der Waals surface area contributed by atoms with Gasteiger partial charge in [0.1, 0.15) is 0 Å². The summed E-state index contributed by atoms with van der Waals surface area (Å²) in [6.07, 6.45) is 3.87. The standard InChI is InChI=1S/C12H22BrN3/c1-9(2)5-14-6-10(3)11(4)16-8-12(13)7-15-16/h7-11,14H,5-6H2,1-4H3. The molecule has 0 saturated carbocycles. The van der Waals surface area contributed by atoms with Crippen molar-refractivity contribution in [1.29, 1.82) is 0 Å². The summed E-state index contributed by atoms with van der Waals surface area (Å²) in [7, 11) is 0. The molecule has 1 heterocycles. The van der Waals surface area contributed by atoms with Crippen molar-refractivity contribution in [3.63, 3.8) is 0 Å². The third kappa shape index (κ3) is 4.26. The maximum atomic E-state index is 4.32. The molecule has 1 aromatic heterocycles. The Morgan fingerprint density at radius 3 is 2.50 bits per heavy atom. The second kappa shape index (κ2) is 6.40. The van der Waals surface area contributed by atoms with Crippen molar-refractivity contribution in [2.24, 2.45) is 11.8 Å². The number of nitrogens with one attached hydrogen (secondary N) is 1. The predicted molar refractivity (Wildman–Crippen MR) is 71.5 cm³/mol. The van der Waals surface area contributed by atoms with E-state index in [1.165, 1.54) is 0 Å². The number of hydrogen-bond donors (Lipinski definition) is 1. The minimum absolute atomic E-state index is 0.422. The van der Waals surface area contributed by atoms with Gasteiger partial charge in [-0.2, -0.15) is 5.10 Å². The van der Waals surface area contributed by atoms with E-state index in [4.69, 9.17) is 0 Å². The van der Waals surface area contributed by atoms with Crippen LogP contribution in [0.5, 0.6) is 0 Å². The van der Waals surface area contributed by atoms with Crippen molar-refractivity contribution in [3.05, 3.63) is 16.9 Å². The first-order valence-electron chi connectivity index (χ1n) is 5.91. The average Bonchev–Trinajstić information content (AvgIpc) is 2.63. The molecule has 3 nitrogen and oxygen atoms in total. The maximum Gasteiger partial charge on any atom is 0.0632 e. The molecule has 2 atom stereocenters. The quantitative estimate of drug-likeness (QED) is 0.871. The van der Waals surface area contributed by atoms with Crippen LogP contribution in [-0.4, -0.2) is 22.9 Å². The van der Waals surface area contributed by atoms with Crippen LogP contribution in [0, 0.1) is 11.8 Å². The van der Waals surface area contributed by atoms with Crippen molar-refractivity contribution in [2.75, 3.05) is 13.1 Å². The molecule has 1 rings (SSSR count). The fraction of sp³-hybridized carbons (Fsp3) is 0.750. The smallest absolute Gasteiger partial charge is 0.0632 e. The van der Waals surface area contributed by atoms with Gasteiger partial charge in [0.05, 0.1) is 16.7 Å². The number of rotatable bonds is 6. The summed E-state index contributed by atoms with van der Waals surface area (Å²) in [5.74, 6) is 1.28. The van der Waals surface area contributed by atoms with Gasteiger partial charge in [-0.3, -0.25) is 4.68 Å². The van der Waals surface area contributed by atoms with Gasteiger partial charge in [-0.25, -0.2) is 0 Å². The van der Waals surface area contributed by atoms with Crippen LogP contribution < -0.4 is 5.32 Å². The molecule has 0 radical (unpaired) electrons. The van der Waals surface area contributed by atoms with Crippen LogP contribution in [0.3, 0.4) is 0 Å². The second-order valence-corrected chi connectivity index (χ2v) is 5.82. The van der Waals surface area contributed by atoms with E-state index in [0.29, 0.717) is 17.9 Å². The predicted octanol–water partition coefficient (Wildman–Crippen LogP) is 3.09. The number of hydrogen-bond acceptors (Lipinski definition) is 2. The van der Waals surface area contributed by atoms with Gasteiger partial charge in [0.15, 0.2) is 0 Å². The van der Waals surface area contributed by atoms with Crippen LogP contribution in [-0.2, 0) is 0 Å². The average molecular weight is 288 g/mol. The van der Waals surface area contributed by atoms with Gasteiger partial charge in [-0.1, -0.05) is 20.8 Å². The van der Waals surface area contributed by atoms with E-state index in [9.17, 15) is 0 Å². The minimum Gasteiger partial charge on any atom is -0.316 e. The third-order valence-electron chi connectivity index (χ3n) is 2.83. The van der Waals surface area contributed by atoms with E-state index in [1.807, 2.05) is 17.1 Å². The molecule has 0 bridgehead atoms. The molecule has 0 saturated heterocycles. The maximum absolute atomic E-state index is 4.32. The van der Waals surface area contributed by atoms with Crippen molar-refractivity contribution in [3.8, 4) is 0 Å². The normalized spacial score (nSPS) is 15.4. The van der Waals surface area contributed by atoms with E-state index in [2.05, 4.69) is 54.0 Å². The SMILES string of the molecule is CC(C)CNCC(C)C(C)n1cc(Br)cn1. The second-order valence-electron chi connectivity index (χ2n) is 4.91. The molecule has 0 aliphatic rings. The molecule has 92 valence electrons. The summed E-state index contributed by atoms with van der Waals surface area (Å²) in [5.41, 5.74) is 0. The zero-order valence-corrected chi connectivity index (χ0v) is 12.2. The highest BCUT2D eigenvalue weighted by Crippen LogP contribution is 2.18. The van der Waals surface area contributed by atoms with Crippen molar-refractivity contribution in [2.45, 2.75) is 33.7 Å². The van der Waals surface area contributed by atoms with Crippen molar-refractivity contribution < 1.29 is 0 Å². The van der Waals surface area contributed by atoms with Crippen LogP contribution >= 0.6 is 15.9 Å². The first-order chi connectivity index (χ1) is 7.50. The highest BCUT2D eigenvalue weighted by molar-refractivity contribution is 9.10. The van der Waals surface area contributed by atoms with Gasteiger partial charge in [-0.15, -0.1) is 0 Å². The van der Waals surface area contributed by atoms with Gasteiger partial charge >= 0.3 is 0 Å². The molecule has 0 aliphatic heterocycles. The van der Waals surface area contributed by atoms with E-state index >= 15 is 0 Å². The molecule has 16 heavy (non-hydrogen) atoms.